The summed E-state index contributed by atoms with van der Waals surface area (Å²) in [4.78, 5) is 0. The highest BCUT2D eigenvalue weighted by Crippen LogP contribution is 2.42. The molecule has 1 aromatic rings. The lowest BCUT2D eigenvalue weighted by molar-refractivity contribution is 0.0973. The van der Waals surface area contributed by atoms with Gasteiger partial charge in [-0.25, -0.2) is 5.48 Å². The van der Waals surface area contributed by atoms with Gasteiger partial charge in [-0.05, 0) is 69.1 Å². The number of benzene rings is 1. The molecule has 0 saturated heterocycles. The fourth-order valence-electron chi connectivity index (χ4n) is 3.96. The molecule has 2 aliphatic rings. The topological polar surface area (TPSA) is 74.5 Å². The van der Waals surface area contributed by atoms with Crippen LogP contribution in [0, 0.1) is 11.3 Å². The highest BCUT2D eigenvalue weighted by molar-refractivity contribution is 5.47. The van der Waals surface area contributed by atoms with Gasteiger partial charge in [-0.3, -0.25) is 0 Å². The highest BCUT2D eigenvalue weighted by atomic mass is 16.5. The summed E-state index contributed by atoms with van der Waals surface area (Å²) in [6.07, 6.45) is 7.88. The second kappa shape index (κ2) is 7.42. The van der Waals surface area contributed by atoms with Crippen molar-refractivity contribution in [3.8, 4) is 17.6 Å². The average molecular weight is 330 g/mol. The molecular formula is C19H26N2O3. The Bertz CT molecular complexity index is 597. The Hall–Kier alpha value is -1.77. The Balaban J connectivity index is 1.85. The fraction of sp³-hybridized carbons (Fsp3) is 0.632. The van der Waals surface area contributed by atoms with Crippen LogP contribution in [0.15, 0.2) is 18.2 Å². The summed E-state index contributed by atoms with van der Waals surface area (Å²) < 4.78 is 11.6. The minimum Gasteiger partial charge on any atom is -0.493 e. The third-order valence-corrected chi connectivity index (χ3v) is 5.55. The first-order valence-electron chi connectivity index (χ1n) is 8.87. The van der Waals surface area contributed by atoms with Gasteiger partial charge >= 0.3 is 0 Å². The molecule has 2 saturated carbocycles. The molecule has 24 heavy (non-hydrogen) atoms. The van der Waals surface area contributed by atoms with Gasteiger partial charge in [0.25, 0.3) is 0 Å². The third-order valence-electron chi connectivity index (χ3n) is 5.55. The van der Waals surface area contributed by atoms with Crippen molar-refractivity contribution in [1.29, 1.82) is 5.26 Å². The summed E-state index contributed by atoms with van der Waals surface area (Å²) in [5.41, 5.74) is 2.83. The van der Waals surface area contributed by atoms with E-state index in [4.69, 9.17) is 14.7 Å². The van der Waals surface area contributed by atoms with E-state index in [1.165, 1.54) is 12.8 Å². The molecule has 0 heterocycles. The molecule has 2 aliphatic carbocycles. The normalized spacial score (nSPS) is 27.6. The number of nitrogens with one attached hydrogen (secondary N) is 1. The van der Waals surface area contributed by atoms with Crippen LogP contribution in [0.4, 0.5) is 0 Å². The number of rotatable bonds is 5. The molecule has 3 rings (SSSR count). The number of hydrogen-bond donors (Lipinski definition) is 2. The van der Waals surface area contributed by atoms with Crippen LogP contribution in [-0.2, 0) is 5.41 Å². The minimum atomic E-state index is -0.507. The van der Waals surface area contributed by atoms with Crippen LogP contribution in [0.3, 0.4) is 0 Å². The molecule has 0 amide bonds. The van der Waals surface area contributed by atoms with E-state index in [0.29, 0.717) is 0 Å². The first-order chi connectivity index (χ1) is 11.7. The van der Waals surface area contributed by atoms with E-state index in [-0.39, 0.29) is 12.1 Å². The third kappa shape index (κ3) is 3.35. The molecule has 2 fully saturated rings. The van der Waals surface area contributed by atoms with Crippen molar-refractivity contribution in [1.82, 2.24) is 5.48 Å². The Labute approximate surface area is 143 Å². The molecule has 0 spiro atoms. The fourth-order valence-corrected chi connectivity index (χ4v) is 3.96. The van der Waals surface area contributed by atoms with Crippen LogP contribution in [0.25, 0.3) is 0 Å². The van der Waals surface area contributed by atoms with Crippen LogP contribution in [0.5, 0.6) is 11.5 Å². The molecule has 5 heteroatoms. The maximum absolute atomic E-state index is 9.85. The molecular weight excluding hydrogens is 304 g/mol. The number of nitrogens with zero attached hydrogens (tertiary/aromatic N) is 1. The lowest BCUT2D eigenvalue weighted by Gasteiger charge is -2.35. The standard InChI is InChI=1S/C19H26N2O3/c1-23-17-7-6-14(12-18(17)24-16-4-2-3-5-16)19(13-20)10-8-15(21-22)9-11-19/h6-7,12,15-16,21-22H,2-5,8-11H2,1H3/t15-,19-. The second-order valence-electron chi connectivity index (χ2n) is 6.99. The van der Waals surface area contributed by atoms with Crippen LogP contribution >= 0.6 is 0 Å². The summed E-state index contributed by atoms with van der Waals surface area (Å²) in [6.45, 7) is 0. The van der Waals surface area contributed by atoms with Crippen LogP contribution in [-0.4, -0.2) is 24.5 Å². The zero-order valence-corrected chi connectivity index (χ0v) is 14.3. The van der Waals surface area contributed by atoms with Gasteiger partial charge in [0.2, 0.25) is 0 Å². The lowest BCUT2D eigenvalue weighted by atomic mass is 9.69. The maximum Gasteiger partial charge on any atom is 0.161 e. The number of hydroxylamine groups is 1. The molecule has 2 N–H and O–H groups in total. The van der Waals surface area contributed by atoms with Crippen molar-refractivity contribution in [3.05, 3.63) is 23.8 Å². The van der Waals surface area contributed by atoms with E-state index in [1.807, 2.05) is 18.2 Å². The summed E-state index contributed by atoms with van der Waals surface area (Å²) in [5, 5.41) is 19.0. The van der Waals surface area contributed by atoms with Crippen molar-refractivity contribution >= 4 is 0 Å². The minimum absolute atomic E-state index is 0.0823. The average Bonchev–Trinajstić information content (AvgIpc) is 3.15. The summed E-state index contributed by atoms with van der Waals surface area (Å²) in [5.74, 6) is 1.48. The zero-order chi connectivity index (χ0) is 17.0. The smallest absolute Gasteiger partial charge is 0.161 e. The molecule has 1 aromatic carbocycles. The van der Waals surface area contributed by atoms with Gasteiger partial charge in [-0.15, -0.1) is 0 Å². The number of nitriles is 1. The van der Waals surface area contributed by atoms with E-state index >= 15 is 0 Å². The zero-order valence-electron chi connectivity index (χ0n) is 14.3. The lowest BCUT2D eigenvalue weighted by Crippen LogP contribution is -2.37. The first kappa shape index (κ1) is 17.1. The predicted octanol–water partition coefficient (Wildman–Crippen LogP) is 3.70. The summed E-state index contributed by atoms with van der Waals surface area (Å²) in [7, 11) is 1.65. The summed E-state index contributed by atoms with van der Waals surface area (Å²) >= 11 is 0. The predicted molar refractivity (Wildman–Crippen MR) is 90.3 cm³/mol. The van der Waals surface area contributed by atoms with E-state index in [1.54, 1.807) is 7.11 Å². The monoisotopic (exact) mass is 330 g/mol. The molecule has 5 nitrogen and oxygen atoms in total. The number of ether oxygens (including phenoxy) is 2. The van der Waals surface area contributed by atoms with E-state index in [2.05, 4.69) is 11.5 Å². The van der Waals surface area contributed by atoms with Crippen LogP contribution in [0.1, 0.15) is 56.9 Å². The molecule has 0 aromatic heterocycles. The Morgan fingerprint density at radius 2 is 1.88 bits per heavy atom. The van der Waals surface area contributed by atoms with Crippen molar-refractivity contribution in [2.75, 3.05) is 7.11 Å². The Morgan fingerprint density at radius 3 is 2.46 bits per heavy atom. The molecule has 130 valence electrons. The molecule has 0 atom stereocenters. The van der Waals surface area contributed by atoms with E-state index in [9.17, 15) is 5.26 Å². The largest absolute Gasteiger partial charge is 0.493 e. The molecule has 0 unspecified atom stereocenters. The van der Waals surface area contributed by atoms with Crippen LogP contribution in [0.2, 0.25) is 0 Å². The maximum atomic E-state index is 9.85. The van der Waals surface area contributed by atoms with Crippen molar-refractivity contribution in [2.45, 2.75) is 68.9 Å². The van der Waals surface area contributed by atoms with Gasteiger partial charge in [0.1, 0.15) is 0 Å². The van der Waals surface area contributed by atoms with E-state index < -0.39 is 5.41 Å². The molecule has 0 bridgehead atoms. The Kier molecular flexibility index (Phi) is 5.27. The SMILES string of the molecule is COc1ccc([C@]2(C#N)CC[C@@H](NO)CC2)cc1OC1CCCC1. The van der Waals surface area contributed by atoms with Gasteiger partial charge < -0.3 is 14.7 Å². The summed E-state index contributed by atoms with van der Waals surface area (Å²) in [6, 6.07) is 8.50. The van der Waals surface area contributed by atoms with Gasteiger partial charge in [-0.1, -0.05) is 6.07 Å². The highest BCUT2D eigenvalue weighted by Gasteiger charge is 2.37. The Morgan fingerprint density at radius 1 is 1.17 bits per heavy atom. The van der Waals surface area contributed by atoms with Crippen molar-refractivity contribution in [3.63, 3.8) is 0 Å². The number of hydrogen-bond acceptors (Lipinski definition) is 5. The van der Waals surface area contributed by atoms with Crippen LogP contribution < -0.4 is 15.0 Å². The number of methoxy groups -OCH3 is 1. The van der Waals surface area contributed by atoms with E-state index in [0.717, 1.165) is 55.6 Å². The van der Waals surface area contributed by atoms with Crippen molar-refractivity contribution < 1.29 is 14.7 Å². The molecule has 0 aliphatic heterocycles. The van der Waals surface area contributed by atoms with Gasteiger partial charge in [0.15, 0.2) is 11.5 Å². The van der Waals surface area contributed by atoms with Gasteiger partial charge in [-0.2, -0.15) is 5.26 Å². The first-order valence-corrected chi connectivity index (χ1v) is 8.87. The van der Waals surface area contributed by atoms with Gasteiger partial charge in [0, 0.05) is 6.04 Å². The molecule has 0 radical (unpaired) electrons. The van der Waals surface area contributed by atoms with Crippen molar-refractivity contribution in [2.24, 2.45) is 0 Å². The second-order valence-corrected chi connectivity index (χ2v) is 6.99. The van der Waals surface area contributed by atoms with Gasteiger partial charge in [0.05, 0.1) is 24.7 Å². The quantitative estimate of drug-likeness (QED) is 0.805.